The van der Waals surface area contributed by atoms with E-state index in [9.17, 15) is 0 Å². The molecule has 0 saturated carbocycles. The van der Waals surface area contributed by atoms with Crippen LogP contribution in [-0.2, 0) is 0 Å². The van der Waals surface area contributed by atoms with Crippen molar-refractivity contribution in [2.45, 2.75) is 55.4 Å². The summed E-state index contributed by atoms with van der Waals surface area (Å²) in [5.74, 6) is 0. The molecule has 0 radical (unpaired) electrons. The van der Waals surface area contributed by atoms with E-state index >= 15 is 0 Å². The maximum Gasteiger partial charge on any atom is 0.0908 e. The van der Waals surface area contributed by atoms with Gasteiger partial charge in [0, 0.05) is 22.8 Å². The fraction of sp³-hybridized carbons (Fsp3) is 0.444. The van der Waals surface area contributed by atoms with Crippen LogP contribution >= 0.6 is 0 Å². The highest BCUT2D eigenvalue weighted by Crippen LogP contribution is 2.40. The maximum absolute atomic E-state index is 4.59. The lowest BCUT2D eigenvalue weighted by molar-refractivity contribution is 1.35. The molecule has 0 aromatic heterocycles. The van der Waals surface area contributed by atoms with Crippen LogP contribution in [0, 0.1) is 0 Å². The van der Waals surface area contributed by atoms with Gasteiger partial charge in [-0.05, 0) is 67.5 Å². The molecule has 118 valence electrons. The van der Waals surface area contributed by atoms with Crippen molar-refractivity contribution in [3.8, 4) is 0 Å². The van der Waals surface area contributed by atoms with Gasteiger partial charge in [-0.15, -0.1) is 0 Å². The summed E-state index contributed by atoms with van der Waals surface area (Å²) in [4.78, 5) is 18.4. The first-order valence-electron chi connectivity index (χ1n) is 7.44. The van der Waals surface area contributed by atoms with Crippen LogP contribution in [-0.4, -0.2) is 22.8 Å². The first-order valence-corrected chi connectivity index (χ1v) is 7.44. The predicted octanol–water partition coefficient (Wildman–Crippen LogP) is 6.14. The molecule has 22 heavy (non-hydrogen) atoms. The van der Waals surface area contributed by atoms with Crippen LogP contribution in [0.25, 0.3) is 0 Å². The van der Waals surface area contributed by atoms with Crippen molar-refractivity contribution >= 4 is 45.6 Å². The van der Waals surface area contributed by atoms with Gasteiger partial charge in [0.05, 0.1) is 22.7 Å². The zero-order chi connectivity index (χ0) is 16.9. The third-order valence-electron chi connectivity index (χ3n) is 2.45. The van der Waals surface area contributed by atoms with E-state index in [1.807, 2.05) is 67.5 Å². The van der Waals surface area contributed by atoms with Crippen LogP contribution < -0.4 is 0 Å². The molecular formula is C18H26N4. The summed E-state index contributed by atoms with van der Waals surface area (Å²) in [5.41, 5.74) is 7.24. The van der Waals surface area contributed by atoms with E-state index < -0.39 is 0 Å². The Morgan fingerprint density at radius 1 is 0.455 bits per heavy atom. The average Bonchev–Trinajstić information content (AvgIpc) is 2.31. The van der Waals surface area contributed by atoms with Crippen LogP contribution in [0.1, 0.15) is 55.4 Å². The first kappa shape index (κ1) is 18.0. The summed E-state index contributed by atoms with van der Waals surface area (Å²) in [5, 5.41) is 0. The van der Waals surface area contributed by atoms with Gasteiger partial charge in [0.15, 0.2) is 0 Å². The lowest BCUT2D eigenvalue weighted by atomic mass is 10.2. The summed E-state index contributed by atoms with van der Waals surface area (Å²) < 4.78 is 0. The first-order chi connectivity index (χ1) is 10.2. The van der Waals surface area contributed by atoms with E-state index in [-0.39, 0.29) is 0 Å². The molecule has 4 heteroatoms. The SMILES string of the molecule is CC(C)=Nc1cc(N=C(C)C)c(N=C(C)C)cc1N=C(C)C. The van der Waals surface area contributed by atoms with Gasteiger partial charge in [-0.3, -0.25) is 20.0 Å². The van der Waals surface area contributed by atoms with Gasteiger partial charge >= 0.3 is 0 Å². The van der Waals surface area contributed by atoms with Crippen molar-refractivity contribution in [2.75, 3.05) is 0 Å². The second-order valence-electron chi connectivity index (χ2n) is 6.07. The summed E-state index contributed by atoms with van der Waals surface area (Å²) in [7, 11) is 0. The Balaban J connectivity index is 3.71. The van der Waals surface area contributed by atoms with Crippen molar-refractivity contribution in [3.63, 3.8) is 0 Å². The van der Waals surface area contributed by atoms with Gasteiger partial charge in [0.1, 0.15) is 0 Å². The molecule has 0 amide bonds. The number of rotatable bonds is 4. The maximum atomic E-state index is 4.59. The highest BCUT2D eigenvalue weighted by Gasteiger charge is 2.09. The Hall–Kier alpha value is -2.10. The van der Waals surface area contributed by atoms with E-state index in [4.69, 9.17) is 0 Å². The fourth-order valence-corrected chi connectivity index (χ4v) is 1.88. The monoisotopic (exact) mass is 298 g/mol. The van der Waals surface area contributed by atoms with Gasteiger partial charge in [-0.25, -0.2) is 0 Å². The lowest BCUT2D eigenvalue weighted by Crippen LogP contribution is -1.86. The molecule has 0 aliphatic rings. The number of benzene rings is 1. The van der Waals surface area contributed by atoms with E-state index in [2.05, 4.69) is 20.0 Å². The minimum Gasteiger partial charge on any atom is -0.256 e. The number of nitrogens with zero attached hydrogens (tertiary/aromatic N) is 4. The predicted molar refractivity (Wildman–Crippen MR) is 100 cm³/mol. The molecule has 1 aromatic rings. The van der Waals surface area contributed by atoms with E-state index in [1.165, 1.54) is 0 Å². The van der Waals surface area contributed by atoms with Crippen molar-refractivity contribution in [3.05, 3.63) is 12.1 Å². The van der Waals surface area contributed by atoms with Crippen LogP contribution in [0.3, 0.4) is 0 Å². The highest BCUT2D eigenvalue weighted by molar-refractivity contribution is 5.93. The van der Waals surface area contributed by atoms with Gasteiger partial charge in [-0.1, -0.05) is 0 Å². The molecule has 0 unspecified atom stereocenters. The number of hydrogen-bond acceptors (Lipinski definition) is 4. The topological polar surface area (TPSA) is 49.4 Å². The molecule has 0 bridgehead atoms. The third kappa shape index (κ3) is 5.72. The van der Waals surface area contributed by atoms with Gasteiger partial charge < -0.3 is 0 Å². The average molecular weight is 298 g/mol. The molecule has 0 heterocycles. The minimum atomic E-state index is 0.828. The molecule has 0 atom stereocenters. The Bertz CT molecular complexity index is 546. The number of aliphatic imine (C=N–C) groups is 4. The van der Waals surface area contributed by atoms with E-state index in [1.54, 1.807) is 0 Å². The molecule has 4 nitrogen and oxygen atoms in total. The summed E-state index contributed by atoms with van der Waals surface area (Å²) in [6.07, 6.45) is 0. The van der Waals surface area contributed by atoms with Crippen LogP contribution in [0.2, 0.25) is 0 Å². The molecule has 0 fully saturated rings. The zero-order valence-electron chi connectivity index (χ0n) is 14.9. The smallest absolute Gasteiger partial charge is 0.0908 e. The summed E-state index contributed by atoms with van der Waals surface area (Å²) >= 11 is 0. The van der Waals surface area contributed by atoms with Crippen molar-refractivity contribution in [2.24, 2.45) is 20.0 Å². The standard InChI is InChI=1S/C18H26N4/c1-11(2)19-15-9-17(21-13(5)6)18(22-14(7)8)10-16(15)20-12(3)4/h9-10H,1-8H3. The summed E-state index contributed by atoms with van der Waals surface area (Å²) in [6, 6.07) is 3.92. The van der Waals surface area contributed by atoms with Crippen molar-refractivity contribution < 1.29 is 0 Å². The van der Waals surface area contributed by atoms with E-state index in [0.29, 0.717) is 0 Å². The van der Waals surface area contributed by atoms with Gasteiger partial charge in [0.2, 0.25) is 0 Å². The van der Waals surface area contributed by atoms with Crippen molar-refractivity contribution in [1.29, 1.82) is 0 Å². The second kappa shape index (κ2) is 7.78. The normalized spacial score (nSPS) is 9.82. The molecular weight excluding hydrogens is 272 g/mol. The Morgan fingerprint density at radius 3 is 0.773 bits per heavy atom. The van der Waals surface area contributed by atoms with Crippen molar-refractivity contribution in [1.82, 2.24) is 0 Å². The quantitative estimate of drug-likeness (QED) is 0.600. The van der Waals surface area contributed by atoms with Gasteiger partial charge in [-0.2, -0.15) is 0 Å². The molecule has 1 aromatic carbocycles. The van der Waals surface area contributed by atoms with Crippen LogP contribution in [0.15, 0.2) is 32.1 Å². The highest BCUT2D eigenvalue weighted by atomic mass is 14.9. The molecule has 0 saturated heterocycles. The largest absolute Gasteiger partial charge is 0.256 e. The zero-order valence-corrected chi connectivity index (χ0v) is 14.9. The van der Waals surface area contributed by atoms with Crippen LogP contribution in [0.4, 0.5) is 22.7 Å². The molecule has 0 N–H and O–H groups in total. The van der Waals surface area contributed by atoms with E-state index in [0.717, 1.165) is 45.6 Å². The third-order valence-corrected chi connectivity index (χ3v) is 2.45. The summed E-state index contributed by atoms with van der Waals surface area (Å²) in [6.45, 7) is 15.8. The Morgan fingerprint density at radius 2 is 0.636 bits per heavy atom. The van der Waals surface area contributed by atoms with Crippen LogP contribution in [0.5, 0.6) is 0 Å². The van der Waals surface area contributed by atoms with Gasteiger partial charge in [0.25, 0.3) is 0 Å². The number of hydrogen-bond donors (Lipinski definition) is 0. The molecule has 1 rings (SSSR count). The molecule has 0 spiro atoms. The molecule has 0 aliphatic heterocycles. The Labute approximate surface area is 133 Å². The molecule has 0 aliphatic carbocycles. The second-order valence-corrected chi connectivity index (χ2v) is 6.07. The fourth-order valence-electron chi connectivity index (χ4n) is 1.88. The minimum absolute atomic E-state index is 0.828. The Kier molecular flexibility index (Phi) is 6.35. The lowest BCUT2D eigenvalue weighted by Gasteiger charge is -2.09.